The van der Waals surface area contributed by atoms with Gasteiger partial charge in [0.2, 0.25) is 5.91 Å². The van der Waals surface area contributed by atoms with Gasteiger partial charge in [-0.1, -0.05) is 31.4 Å². The third-order valence-electron chi connectivity index (χ3n) is 6.41. The molecule has 0 aliphatic heterocycles. The summed E-state index contributed by atoms with van der Waals surface area (Å²) in [6.07, 6.45) is 7.38. The number of benzene rings is 1. The van der Waals surface area contributed by atoms with E-state index in [0.29, 0.717) is 24.5 Å². The van der Waals surface area contributed by atoms with Crippen molar-refractivity contribution in [2.75, 3.05) is 20.8 Å². The van der Waals surface area contributed by atoms with Crippen LogP contribution in [-0.4, -0.2) is 43.5 Å². The van der Waals surface area contributed by atoms with Crippen LogP contribution in [0.3, 0.4) is 0 Å². The van der Waals surface area contributed by atoms with Crippen LogP contribution in [0.5, 0.6) is 11.5 Å². The summed E-state index contributed by atoms with van der Waals surface area (Å²) in [5, 5.41) is 5.16. The van der Waals surface area contributed by atoms with Crippen LogP contribution >= 0.6 is 11.3 Å². The summed E-state index contributed by atoms with van der Waals surface area (Å²) >= 11 is 1.48. The van der Waals surface area contributed by atoms with Crippen LogP contribution in [0.2, 0.25) is 0 Å². The zero-order valence-corrected chi connectivity index (χ0v) is 21.0. The summed E-state index contributed by atoms with van der Waals surface area (Å²) in [6.45, 7) is 0.329. The van der Waals surface area contributed by atoms with E-state index in [1.807, 2.05) is 35.7 Å². The van der Waals surface area contributed by atoms with Gasteiger partial charge in [-0.05, 0) is 60.5 Å². The molecular formula is C27H32N2O5S. The second kappa shape index (κ2) is 11.9. The predicted octanol–water partition coefficient (Wildman–Crippen LogP) is 5.23. The molecule has 2 aromatic heterocycles. The fourth-order valence-corrected chi connectivity index (χ4v) is 5.41. The number of carbonyl (C=O) groups excluding carboxylic acids is 2. The Hall–Kier alpha value is -3.26. The molecule has 1 atom stereocenters. The van der Waals surface area contributed by atoms with Crippen LogP contribution in [0.25, 0.3) is 0 Å². The Kier molecular flexibility index (Phi) is 8.47. The first-order chi connectivity index (χ1) is 17.1. The van der Waals surface area contributed by atoms with E-state index in [-0.39, 0.29) is 23.6 Å². The van der Waals surface area contributed by atoms with Gasteiger partial charge in [0.25, 0.3) is 5.91 Å². The molecule has 0 unspecified atom stereocenters. The molecule has 0 saturated heterocycles. The number of hydrogen-bond donors (Lipinski definition) is 1. The number of rotatable bonds is 10. The van der Waals surface area contributed by atoms with E-state index in [4.69, 9.17) is 13.9 Å². The Balaban J connectivity index is 1.62. The third kappa shape index (κ3) is 6.06. The lowest BCUT2D eigenvalue weighted by atomic mass is 9.95. The minimum Gasteiger partial charge on any atom is -0.493 e. The van der Waals surface area contributed by atoms with Gasteiger partial charge >= 0.3 is 0 Å². The summed E-state index contributed by atoms with van der Waals surface area (Å²) < 4.78 is 16.2. The molecule has 8 heteroatoms. The first-order valence-corrected chi connectivity index (χ1v) is 12.9. The van der Waals surface area contributed by atoms with Crippen molar-refractivity contribution in [2.45, 2.75) is 50.6 Å². The Morgan fingerprint density at radius 3 is 2.54 bits per heavy atom. The molecule has 1 N–H and O–H groups in total. The number of nitrogens with one attached hydrogen (secondary N) is 1. The molecule has 35 heavy (non-hydrogen) atoms. The summed E-state index contributed by atoms with van der Waals surface area (Å²) in [7, 11) is 3.19. The van der Waals surface area contributed by atoms with Crippen molar-refractivity contribution in [3.05, 3.63) is 70.3 Å². The third-order valence-corrected chi connectivity index (χ3v) is 7.33. The first kappa shape index (κ1) is 24.9. The van der Waals surface area contributed by atoms with Crippen molar-refractivity contribution in [3.63, 3.8) is 0 Å². The summed E-state index contributed by atoms with van der Waals surface area (Å²) in [5.74, 6) is 1.02. The van der Waals surface area contributed by atoms with Crippen molar-refractivity contribution in [1.82, 2.24) is 10.2 Å². The molecule has 1 saturated carbocycles. The predicted molar refractivity (Wildman–Crippen MR) is 135 cm³/mol. The minimum atomic E-state index is -0.741. The monoisotopic (exact) mass is 496 g/mol. The lowest BCUT2D eigenvalue weighted by Crippen LogP contribution is -2.47. The highest BCUT2D eigenvalue weighted by molar-refractivity contribution is 7.10. The molecule has 3 aromatic rings. The molecule has 1 aliphatic carbocycles. The molecule has 186 valence electrons. The van der Waals surface area contributed by atoms with E-state index in [1.54, 1.807) is 31.3 Å². The Morgan fingerprint density at radius 1 is 1.09 bits per heavy atom. The quantitative estimate of drug-likeness (QED) is 0.416. The van der Waals surface area contributed by atoms with Gasteiger partial charge in [-0.2, -0.15) is 0 Å². The van der Waals surface area contributed by atoms with Gasteiger partial charge in [0, 0.05) is 17.5 Å². The van der Waals surface area contributed by atoms with Crippen molar-refractivity contribution in [2.24, 2.45) is 0 Å². The van der Waals surface area contributed by atoms with Gasteiger partial charge in [0.05, 0.1) is 20.5 Å². The minimum absolute atomic E-state index is 0.144. The van der Waals surface area contributed by atoms with Gasteiger partial charge in [-0.25, -0.2) is 0 Å². The smallest absolute Gasteiger partial charge is 0.290 e. The molecule has 1 fully saturated rings. The summed E-state index contributed by atoms with van der Waals surface area (Å²) in [6, 6.07) is 12.2. The Bertz CT molecular complexity index is 1090. The van der Waals surface area contributed by atoms with Gasteiger partial charge in [-0.3, -0.25) is 9.59 Å². The van der Waals surface area contributed by atoms with Crippen LogP contribution in [0.4, 0.5) is 0 Å². The molecule has 1 aromatic carbocycles. The van der Waals surface area contributed by atoms with E-state index in [2.05, 4.69) is 5.32 Å². The Labute approximate surface area is 210 Å². The highest BCUT2D eigenvalue weighted by atomic mass is 32.1. The second-order valence-electron chi connectivity index (χ2n) is 8.68. The van der Waals surface area contributed by atoms with E-state index in [1.165, 1.54) is 24.0 Å². The number of nitrogens with zero attached hydrogens (tertiary/aromatic N) is 1. The highest BCUT2D eigenvalue weighted by Gasteiger charge is 2.34. The van der Waals surface area contributed by atoms with Crippen molar-refractivity contribution in [1.29, 1.82) is 0 Å². The second-order valence-corrected chi connectivity index (χ2v) is 9.66. The van der Waals surface area contributed by atoms with Gasteiger partial charge in [-0.15, -0.1) is 11.3 Å². The molecule has 0 radical (unpaired) electrons. The van der Waals surface area contributed by atoms with E-state index in [9.17, 15) is 9.59 Å². The zero-order chi connectivity index (χ0) is 24.6. The number of thiophene rings is 1. The van der Waals surface area contributed by atoms with E-state index >= 15 is 0 Å². The molecular weight excluding hydrogens is 464 g/mol. The fourth-order valence-electron chi connectivity index (χ4n) is 4.57. The maximum Gasteiger partial charge on any atom is 0.290 e. The number of ether oxygens (including phenoxy) is 2. The molecule has 0 bridgehead atoms. The van der Waals surface area contributed by atoms with E-state index in [0.717, 1.165) is 36.1 Å². The largest absolute Gasteiger partial charge is 0.493 e. The molecule has 1 aliphatic rings. The number of amides is 2. The molecule has 4 rings (SSSR count). The lowest BCUT2D eigenvalue weighted by molar-refractivity contribution is -0.126. The van der Waals surface area contributed by atoms with Gasteiger partial charge in [0.1, 0.15) is 6.04 Å². The molecule has 7 nitrogen and oxygen atoms in total. The van der Waals surface area contributed by atoms with Gasteiger partial charge < -0.3 is 24.1 Å². The van der Waals surface area contributed by atoms with Crippen LogP contribution in [0.1, 0.15) is 59.1 Å². The number of hydrogen-bond acceptors (Lipinski definition) is 6. The molecule has 2 amide bonds. The van der Waals surface area contributed by atoms with Crippen molar-refractivity contribution < 1.29 is 23.5 Å². The zero-order valence-electron chi connectivity index (χ0n) is 20.2. The van der Waals surface area contributed by atoms with Crippen LogP contribution in [-0.2, 0) is 11.2 Å². The molecule has 0 spiro atoms. The normalized spacial score (nSPS) is 14.8. The first-order valence-electron chi connectivity index (χ1n) is 12.0. The highest BCUT2D eigenvalue weighted by Crippen LogP contribution is 2.31. The topological polar surface area (TPSA) is 81.0 Å². The van der Waals surface area contributed by atoms with Crippen molar-refractivity contribution >= 4 is 23.2 Å². The maximum atomic E-state index is 13.7. The SMILES string of the molecule is COc1ccc(CCN(C(=O)c2ccco2)[C@H](C(=O)NC2CCCCC2)c2cccs2)cc1OC. The lowest BCUT2D eigenvalue weighted by Gasteiger charge is -2.32. The van der Waals surface area contributed by atoms with Crippen LogP contribution in [0, 0.1) is 0 Å². The van der Waals surface area contributed by atoms with Crippen molar-refractivity contribution in [3.8, 4) is 11.5 Å². The average molecular weight is 497 g/mol. The standard InChI is InChI=1S/C27H32N2O5S/c1-32-21-13-12-19(18-23(21)33-2)14-15-29(27(31)22-10-6-16-34-22)25(24-11-7-17-35-24)26(30)28-20-8-4-3-5-9-20/h6-7,10-13,16-18,20,25H,3-5,8-9,14-15H2,1-2H3,(H,28,30)/t25-/m0/s1. The number of methoxy groups -OCH3 is 2. The summed E-state index contributed by atoms with van der Waals surface area (Å²) in [5.41, 5.74) is 0.970. The summed E-state index contributed by atoms with van der Waals surface area (Å²) in [4.78, 5) is 29.7. The number of carbonyl (C=O) groups is 2. The van der Waals surface area contributed by atoms with Crippen LogP contribution in [0.15, 0.2) is 58.5 Å². The van der Waals surface area contributed by atoms with Crippen LogP contribution < -0.4 is 14.8 Å². The Morgan fingerprint density at radius 2 is 1.89 bits per heavy atom. The maximum absolute atomic E-state index is 13.7. The van der Waals surface area contributed by atoms with E-state index < -0.39 is 6.04 Å². The number of furan rings is 1. The van der Waals surface area contributed by atoms with Gasteiger partial charge in [0.15, 0.2) is 17.3 Å². The average Bonchev–Trinajstić information content (AvgIpc) is 3.61. The molecule has 2 heterocycles. The fraction of sp³-hybridized carbons (Fsp3) is 0.407.